The van der Waals surface area contributed by atoms with Crippen LogP contribution in [0.25, 0.3) is 0 Å². The Morgan fingerprint density at radius 2 is 2.00 bits per heavy atom. The van der Waals surface area contributed by atoms with Crippen molar-refractivity contribution in [2.24, 2.45) is 0 Å². The van der Waals surface area contributed by atoms with Crippen LogP contribution in [0.5, 0.6) is 11.6 Å². The Labute approximate surface area is 113 Å². The molecule has 3 nitrogen and oxygen atoms in total. The maximum atomic E-state index is 13.6. The summed E-state index contributed by atoms with van der Waals surface area (Å²) in [5.74, 6) is -0.478. The highest BCUT2D eigenvalue weighted by Crippen LogP contribution is 2.32. The molecule has 2 aromatic rings. The molecule has 0 radical (unpaired) electrons. The summed E-state index contributed by atoms with van der Waals surface area (Å²) in [6, 6.07) is 4.14. The number of nitrogens with two attached hydrogens (primary N) is 1. The number of hydrogen-bond acceptors (Lipinski definition) is 3. The summed E-state index contributed by atoms with van der Waals surface area (Å²) < 4.78 is 18.9. The van der Waals surface area contributed by atoms with Crippen LogP contribution in [0.2, 0.25) is 10.0 Å². The predicted molar refractivity (Wildman–Crippen MR) is 69.9 cm³/mol. The number of nitrogens with zero attached hydrogens (tertiary/aromatic N) is 1. The van der Waals surface area contributed by atoms with Crippen molar-refractivity contribution >= 4 is 28.9 Å². The summed E-state index contributed by atoms with van der Waals surface area (Å²) in [7, 11) is 0. The van der Waals surface area contributed by atoms with Crippen molar-refractivity contribution in [1.29, 1.82) is 0 Å². The van der Waals surface area contributed by atoms with Crippen molar-refractivity contribution in [1.82, 2.24) is 4.98 Å². The van der Waals surface area contributed by atoms with Gasteiger partial charge < -0.3 is 10.5 Å². The molecule has 0 aliphatic carbocycles. The van der Waals surface area contributed by atoms with E-state index in [9.17, 15) is 4.39 Å². The Balaban J connectivity index is 2.37. The third kappa shape index (κ3) is 2.66. The summed E-state index contributed by atoms with van der Waals surface area (Å²) in [5, 5.41) is 0.581. The van der Waals surface area contributed by atoms with E-state index in [1.54, 1.807) is 6.92 Å². The SMILES string of the molecule is Cc1cc(Oc2ncc(Cl)cc2Cl)c(F)cc1N. The van der Waals surface area contributed by atoms with Crippen LogP contribution in [0.1, 0.15) is 5.56 Å². The maximum absolute atomic E-state index is 13.6. The largest absolute Gasteiger partial charge is 0.434 e. The van der Waals surface area contributed by atoms with Crippen LogP contribution < -0.4 is 10.5 Å². The van der Waals surface area contributed by atoms with Crippen LogP contribution >= 0.6 is 23.2 Å². The zero-order valence-electron chi connectivity index (χ0n) is 9.38. The van der Waals surface area contributed by atoms with Gasteiger partial charge in [0.1, 0.15) is 5.02 Å². The third-order valence-corrected chi connectivity index (χ3v) is 2.78. The van der Waals surface area contributed by atoms with Crippen LogP contribution in [0, 0.1) is 12.7 Å². The van der Waals surface area contributed by atoms with Crippen molar-refractivity contribution in [3.8, 4) is 11.6 Å². The second-order valence-electron chi connectivity index (χ2n) is 3.68. The lowest BCUT2D eigenvalue weighted by atomic mass is 10.2. The molecule has 0 fully saturated rings. The van der Waals surface area contributed by atoms with Crippen LogP contribution in [0.3, 0.4) is 0 Å². The molecule has 2 N–H and O–H groups in total. The number of ether oxygens (including phenoxy) is 1. The molecule has 0 bridgehead atoms. The van der Waals surface area contributed by atoms with E-state index >= 15 is 0 Å². The molecule has 0 aliphatic heterocycles. The van der Waals surface area contributed by atoms with Gasteiger partial charge in [-0.15, -0.1) is 0 Å². The summed E-state index contributed by atoms with van der Waals surface area (Å²) in [6.07, 6.45) is 1.37. The number of halogens is 3. The average molecular weight is 287 g/mol. The number of benzene rings is 1. The quantitative estimate of drug-likeness (QED) is 0.842. The Morgan fingerprint density at radius 3 is 2.67 bits per heavy atom. The molecule has 0 saturated carbocycles. The molecule has 6 heteroatoms. The fourth-order valence-corrected chi connectivity index (χ4v) is 1.75. The van der Waals surface area contributed by atoms with Gasteiger partial charge in [0.2, 0.25) is 5.88 Å². The first-order valence-electron chi connectivity index (χ1n) is 5.02. The number of rotatable bonds is 2. The van der Waals surface area contributed by atoms with E-state index in [2.05, 4.69) is 4.98 Å². The molecule has 1 heterocycles. The fraction of sp³-hybridized carbons (Fsp3) is 0.0833. The van der Waals surface area contributed by atoms with Crippen LogP contribution in [0.4, 0.5) is 10.1 Å². The normalized spacial score (nSPS) is 10.4. The summed E-state index contributed by atoms with van der Waals surface area (Å²) in [4.78, 5) is 3.88. The van der Waals surface area contributed by atoms with Crippen molar-refractivity contribution in [2.75, 3.05) is 5.73 Å². The molecule has 18 heavy (non-hydrogen) atoms. The molecule has 0 amide bonds. The van der Waals surface area contributed by atoms with Crippen molar-refractivity contribution in [3.05, 3.63) is 45.8 Å². The molecule has 1 aromatic carbocycles. The van der Waals surface area contributed by atoms with E-state index in [0.29, 0.717) is 16.3 Å². The van der Waals surface area contributed by atoms with Gasteiger partial charge in [-0.05, 0) is 24.6 Å². The molecule has 94 valence electrons. The highest BCUT2D eigenvalue weighted by molar-refractivity contribution is 6.35. The highest BCUT2D eigenvalue weighted by Gasteiger charge is 2.11. The standard InChI is InChI=1S/C12H9Cl2FN2O/c1-6-2-11(9(15)4-10(6)16)18-12-8(14)3-7(13)5-17-12/h2-5H,16H2,1H3. The number of hydrogen-bond donors (Lipinski definition) is 1. The first-order valence-corrected chi connectivity index (χ1v) is 5.77. The highest BCUT2D eigenvalue weighted by atomic mass is 35.5. The van der Waals surface area contributed by atoms with Gasteiger partial charge in [-0.25, -0.2) is 9.37 Å². The molecule has 1 aromatic heterocycles. The monoisotopic (exact) mass is 286 g/mol. The zero-order chi connectivity index (χ0) is 13.3. The lowest BCUT2D eigenvalue weighted by Gasteiger charge is -2.09. The van der Waals surface area contributed by atoms with E-state index in [4.69, 9.17) is 33.7 Å². The van der Waals surface area contributed by atoms with Gasteiger partial charge in [-0.3, -0.25) is 0 Å². The van der Waals surface area contributed by atoms with Crippen molar-refractivity contribution < 1.29 is 9.13 Å². The Kier molecular flexibility index (Phi) is 3.59. The van der Waals surface area contributed by atoms with E-state index < -0.39 is 5.82 Å². The maximum Gasteiger partial charge on any atom is 0.238 e. The predicted octanol–water partition coefficient (Wildman–Crippen LogP) is 4.21. The first-order chi connectivity index (χ1) is 8.47. The Hall–Kier alpha value is -1.52. The second kappa shape index (κ2) is 5.00. The van der Waals surface area contributed by atoms with Crippen LogP contribution in [-0.4, -0.2) is 4.98 Å². The van der Waals surface area contributed by atoms with Gasteiger partial charge >= 0.3 is 0 Å². The minimum Gasteiger partial charge on any atom is -0.434 e. The van der Waals surface area contributed by atoms with Crippen molar-refractivity contribution in [3.63, 3.8) is 0 Å². The molecular formula is C12H9Cl2FN2O. The third-order valence-electron chi connectivity index (χ3n) is 2.30. The summed E-state index contributed by atoms with van der Waals surface area (Å²) in [5.41, 5.74) is 6.64. The van der Waals surface area contributed by atoms with E-state index in [1.807, 2.05) is 0 Å². The molecule has 2 rings (SSSR count). The fourth-order valence-electron chi connectivity index (χ4n) is 1.33. The average Bonchev–Trinajstić information content (AvgIpc) is 2.29. The van der Waals surface area contributed by atoms with Gasteiger partial charge in [0.25, 0.3) is 0 Å². The first kappa shape index (κ1) is 12.9. The molecule has 0 aliphatic rings. The number of pyridine rings is 1. The lowest BCUT2D eigenvalue weighted by molar-refractivity contribution is 0.427. The van der Waals surface area contributed by atoms with Gasteiger partial charge in [0.15, 0.2) is 11.6 Å². The molecule has 0 atom stereocenters. The van der Waals surface area contributed by atoms with Gasteiger partial charge in [0, 0.05) is 18.0 Å². The van der Waals surface area contributed by atoms with Gasteiger partial charge in [0.05, 0.1) is 5.02 Å². The molecule has 0 unspecified atom stereocenters. The Morgan fingerprint density at radius 1 is 1.28 bits per heavy atom. The number of anilines is 1. The minimum atomic E-state index is -0.578. The Bertz CT molecular complexity index is 605. The number of nitrogen functional groups attached to an aromatic ring is 1. The van der Waals surface area contributed by atoms with Crippen LogP contribution in [-0.2, 0) is 0 Å². The zero-order valence-corrected chi connectivity index (χ0v) is 10.9. The topological polar surface area (TPSA) is 48.1 Å². The number of aromatic nitrogens is 1. The summed E-state index contributed by atoms with van der Waals surface area (Å²) >= 11 is 11.6. The molecular weight excluding hydrogens is 278 g/mol. The molecule has 0 saturated heterocycles. The number of aryl methyl sites for hydroxylation is 1. The van der Waals surface area contributed by atoms with Gasteiger partial charge in [-0.1, -0.05) is 23.2 Å². The lowest BCUT2D eigenvalue weighted by Crippen LogP contribution is -1.96. The summed E-state index contributed by atoms with van der Waals surface area (Å²) in [6.45, 7) is 1.75. The van der Waals surface area contributed by atoms with Crippen LogP contribution in [0.15, 0.2) is 24.4 Å². The van der Waals surface area contributed by atoms with Gasteiger partial charge in [-0.2, -0.15) is 0 Å². The smallest absolute Gasteiger partial charge is 0.238 e. The molecule has 0 spiro atoms. The second-order valence-corrected chi connectivity index (χ2v) is 4.53. The minimum absolute atomic E-state index is 0.0124. The van der Waals surface area contributed by atoms with Crippen molar-refractivity contribution in [2.45, 2.75) is 6.92 Å². The van der Waals surface area contributed by atoms with E-state index in [0.717, 1.165) is 0 Å². The van der Waals surface area contributed by atoms with E-state index in [1.165, 1.54) is 24.4 Å². The van der Waals surface area contributed by atoms with E-state index in [-0.39, 0.29) is 16.7 Å².